The lowest BCUT2D eigenvalue weighted by atomic mass is 10.1. The van der Waals surface area contributed by atoms with E-state index in [1.807, 2.05) is 33.8 Å². The van der Waals surface area contributed by atoms with Crippen LogP contribution in [-0.2, 0) is 4.74 Å². The highest BCUT2D eigenvalue weighted by molar-refractivity contribution is 14.0. The number of hydrogen-bond donors (Lipinski definition) is 2. The van der Waals surface area contributed by atoms with Crippen LogP contribution in [-0.4, -0.2) is 79.8 Å². The molecule has 1 atom stereocenters. The minimum absolute atomic E-state index is 0. The summed E-state index contributed by atoms with van der Waals surface area (Å²) in [5, 5.41) is 6.86. The molecule has 1 unspecified atom stereocenters. The van der Waals surface area contributed by atoms with Crippen LogP contribution in [0.25, 0.3) is 0 Å². The molecule has 1 saturated heterocycles. The Morgan fingerprint density at radius 2 is 2.00 bits per heavy atom. The average Bonchev–Trinajstić information content (AvgIpc) is 2.60. The summed E-state index contributed by atoms with van der Waals surface area (Å²) in [6.45, 7) is 15.3. The molecule has 2 N–H and O–H groups in total. The zero-order valence-corrected chi connectivity index (χ0v) is 20.8. The summed E-state index contributed by atoms with van der Waals surface area (Å²) in [5.41, 5.74) is -0.476. The summed E-state index contributed by atoms with van der Waals surface area (Å²) in [6, 6.07) is 0.520. The number of halogens is 1. The normalized spacial score (nSPS) is 17.3. The fourth-order valence-electron chi connectivity index (χ4n) is 2.94. The number of rotatable bonds is 7. The number of nitrogens with zero attached hydrogens (tertiary/aromatic N) is 3. The summed E-state index contributed by atoms with van der Waals surface area (Å²) in [6.07, 6.45) is 4.69. The molecule has 0 aromatic carbocycles. The lowest BCUT2D eigenvalue weighted by molar-refractivity contribution is 0.0230. The van der Waals surface area contributed by atoms with Crippen LogP contribution in [0.5, 0.6) is 0 Å². The van der Waals surface area contributed by atoms with Crippen molar-refractivity contribution in [2.75, 3.05) is 40.3 Å². The first kappa shape index (κ1) is 27.0. The van der Waals surface area contributed by atoms with Gasteiger partial charge in [0.2, 0.25) is 0 Å². The summed E-state index contributed by atoms with van der Waals surface area (Å²) < 4.78 is 5.42. The van der Waals surface area contributed by atoms with Gasteiger partial charge >= 0.3 is 6.09 Å². The van der Waals surface area contributed by atoms with Gasteiger partial charge in [-0.05, 0) is 47.0 Å². The van der Waals surface area contributed by atoms with E-state index in [9.17, 15) is 4.79 Å². The van der Waals surface area contributed by atoms with Gasteiger partial charge in [0, 0.05) is 52.4 Å². The molecule has 0 saturated carbocycles. The molecule has 1 aliphatic rings. The lowest BCUT2D eigenvalue weighted by Crippen LogP contribution is -2.49. The van der Waals surface area contributed by atoms with Gasteiger partial charge in [-0.15, -0.1) is 30.6 Å². The zero-order chi connectivity index (χ0) is 20.4. The highest BCUT2D eigenvalue weighted by atomic mass is 127. The van der Waals surface area contributed by atoms with Gasteiger partial charge in [0.1, 0.15) is 5.60 Å². The summed E-state index contributed by atoms with van der Waals surface area (Å²) in [4.78, 5) is 20.5. The molecule has 0 radical (unpaired) electrons. The van der Waals surface area contributed by atoms with Crippen molar-refractivity contribution in [1.29, 1.82) is 0 Å². The third-order valence-electron chi connectivity index (χ3n) is 4.74. The number of amides is 1. The maximum absolute atomic E-state index is 12.1. The topological polar surface area (TPSA) is 69.2 Å². The highest BCUT2D eigenvalue weighted by Crippen LogP contribution is 2.12. The molecule has 1 heterocycles. The number of guanidine groups is 1. The Hall–Kier alpha value is -1.03. The van der Waals surface area contributed by atoms with Crippen LogP contribution in [0.2, 0.25) is 0 Å². The van der Waals surface area contributed by atoms with E-state index in [0.717, 1.165) is 51.4 Å². The predicted molar refractivity (Wildman–Crippen MR) is 128 cm³/mol. The number of nitrogens with one attached hydrogen (secondary N) is 2. The van der Waals surface area contributed by atoms with Gasteiger partial charge in [0.05, 0.1) is 0 Å². The van der Waals surface area contributed by atoms with Gasteiger partial charge in [-0.25, -0.2) is 4.79 Å². The zero-order valence-electron chi connectivity index (χ0n) is 18.5. The van der Waals surface area contributed by atoms with Crippen molar-refractivity contribution >= 4 is 36.0 Å². The van der Waals surface area contributed by atoms with E-state index in [1.165, 1.54) is 0 Å². The molecule has 0 aromatic rings. The minimum atomic E-state index is -0.476. The predicted octanol–water partition coefficient (Wildman–Crippen LogP) is 3.07. The number of carbonyl (C=O) groups excluding carboxylic acids is 1. The van der Waals surface area contributed by atoms with Crippen LogP contribution in [0.1, 0.15) is 47.0 Å². The fraction of sp³-hybridized carbons (Fsp3) is 0.800. The largest absolute Gasteiger partial charge is 0.444 e. The van der Waals surface area contributed by atoms with Crippen molar-refractivity contribution in [3.63, 3.8) is 0 Å². The second-order valence-corrected chi connectivity index (χ2v) is 8.24. The monoisotopic (exact) mass is 509 g/mol. The van der Waals surface area contributed by atoms with E-state index < -0.39 is 5.60 Å². The van der Waals surface area contributed by atoms with E-state index in [2.05, 4.69) is 27.1 Å². The molecule has 0 aromatic heterocycles. The molecule has 8 heteroatoms. The Bertz CT molecular complexity index is 499. The molecule has 1 amide bonds. The van der Waals surface area contributed by atoms with Gasteiger partial charge in [-0.3, -0.25) is 9.89 Å². The smallest absolute Gasteiger partial charge is 0.410 e. The van der Waals surface area contributed by atoms with Crippen LogP contribution in [0, 0.1) is 0 Å². The third-order valence-corrected chi connectivity index (χ3v) is 4.74. The van der Waals surface area contributed by atoms with Crippen molar-refractivity contribution in [2.24, 2.45) is 4.99 Å². The Morgan fingerprint density at radius 3 is 2.50 bits per heavy atom. The maximum atomic E-state index is 12.1. The van der Waals surface area contributed by atoms with Gasteiger partial charge in [0.15, 0.2) is 5.96 Å². The number of hydrogen-bond acceptors (Lipinski definition) is 4. The Balaban J connectivity index is 0.00000729. The number of aliphatic imine (C=N–C) groups is 1. The molecule has 164 valence electrons. The van der Waals surface area contributed by atoms with Crippen molar-refractivity contribution in [3.05, 3.63) is 12.7 Å². The Kier molecular flexibility index (Phi) is 12.8. The Labute approximate surface area is 188 Å². The van der Waals surface area contributed by atoms with E-state index in [0.29, 0.717) is 6.04 Å². The van der Waals surface area contributed by atoms with Crippen molar-refractivity contribution in [1.82, 2.24) is 20.4 Å². The van der Waals surface area contributed by atoms with Crippen LogP contribution < -0.4 is 10.6 Å². The molecular formula is C20H40IN5O2. The second-order valence-electron chi connectivity index (χ2n) is 8.24. The maximum Gasteiger partial charge on any atom is 0.410 e. The minimum Gasteiger partial charge on any atom is -0.444 e. The molecular weight excluding hydrogens is 469 g/mol. The van der Waals surface area contributed by atoms with Crippen LogP contribution >= 0.6 is 24.0 Å². The van der Waals surface area contributed by atoms with E-state index in [4.69, 9.17) is 4.74 Å². The molecule has 0 spiro atoms. The lowest BCUT2D eigenvalue weighted by Gasteiger charge is -2.32. The van der Waals surface area contributed by atoms with E-state index in [-0.39, 0.29) is 36.1 Å². The van der Waals surface area contributed by atoms with Gasteiger partial charge in [0.25, 0.3) is 0 Å². The highest BCUT2D eigenvalue weighted by Gasteiger charge is 2.23. The standard InChI is InChI=1S/C20H39N5O2.HI/c1-8-13-25-14-10-17(11-15-25)23-18(21-6)22-12-9-16(2)24(7)19(26)27-20(3,4)5;/h8,16-17H,1,9-15H2,2-7H3,(H2,21,22,23);1H. The van der Waals surface area contributed by atoms with Crippen molar-refractivity contribution in [2.45, 2.75) is 64.6 Å². The molecule has 1 rings (SSSR count). The second kappa shape index (κ2) is 13.2. The summed E-state index contributed by atoms with van der Waals surface area (Å²) in [7, 11) is 3.57. The fourth-order valence-corrected chi connectivity index (χ4v) is 2.94. The molecule has 0 aliphatic carbocycles. The van der Waals surface area contributed by atoms with Crippen molar-refractivity contribution in [3.8, 4) is 0 Å². The number of ether oxygens (including phenoxy) is 1. The van der Waals surface area contributed by atoms with Crippen LogP contribution in [0.4, 0.5) is 4.79 Å². The summed E-state index contributed by atoms with van der Waals surface area (Å²) in [5.74, 6) is 0.823. The molecule has 7 nitrogen and oxygen atoms in total. The van der Waals surface area contributed by atoms with E-state index >= 15 is 0 Å². The molecule has 1 fully saturated rings. The molecule has 0 bridgehead atoms. The third kappa shape index (κ3) is 10.5. The van der Waals surface area contributed by atoms with Gasteiger partial charge in [-0.1, -0.05) is 6.08 Å². The first-order valence-corrected chi connectivity index (χ1v) is 9.92. The number of likely N-dealkylation sites (tertiary alicyclic amines) is 1. The Morgan fingerprint density at radius 1 is 1.39 bits per heavy atom. The number of piperidine rings is 1. The van der Waals surface area contributed by atoms with Crippen molar-refractivity contribution < 1.29 is 9.53 Å². The van der Waals surface area contributed by atoms with Gasteiger partial charge in [-0.2, -0.15) is 0 Å². The van der Waals surface area contributed by atoms with Gasteiger partial charge < -0.3 is 20.3 Å². The quantitative estimate of drug-likeness (QED) is 0.239. The first-order valence-electron chi connectivity index (χ1n) is 9.92. The SMILES string of the molecule is C=CCN1CCC(NC(=NC)NCCC(C)N(C)C(=O)OC(C)(C)C)CC1.I. The number of carbonyl (C=O) groups is 1. The first-order chi connectivity index (χ1) is 12.7. The van der Waals surface area contributed by atoms with E-state index in [1.54, 1.807) is 19.0 Å². The molecule has 1 aliphatic heterocycles. The molecule has 28 heavy (non-hydrogen) atoms. The van der Waals surface area contributed by atoms with Crippen LogP contribution in [0.15, 0.2) is 17.6 Å². The average molecular weight is 509 g/mol. The summed E-state index contributed by atoms with van der Waals surface area (Å²) >= 11 is 0. The van der Waals surface area contributed by atoms with Crippen LogP contribution in [0.3, 0.4) is 0 Å².